The topological polar surface area (TPSA) is 95.7 Å². The fraction of sp³-hybridized carbons (Fsp3) is 0.700. The third-order valence-corrected chi connectivity index (χ3v) is 2.65. The first-order valence-corrected chi connectivity index (χ1v) is 5.53. The van der Waals surface area contributed by atoms with Crippen LogP contribution in [0, 0.1) is 0 Å². The summed E-state index contributed by atoms with van der Waals surface area (Å²) in [7, 11) is 1.71. The van der Waals surface area contributed by atoms with Crippen molar-refractivity contribution in [1.29, 1.82) is 0 Å². The fourth-order valence-corrected chi connectivity index (χ4v) is 1.56. The molecule has 0 aromatic rings. The summed E-state index contributed by atoms with van der Waals surface area (Å²) < 4.78 is 0. The number of nitrogens with zero attached hydrogens (tertiary/aromatic N) is 2. The van der Waals surface area contributed by atoms with Gasteiger partial charge >= 0.3 is 0 Å². The quantitative estimate of drug-likeness (QED) is 0.584. The first-order valence-electron chi connectivity index (χ1n) is 5.53. The lowest BCUT2D eigenvalue weighted by molar-refractivity contribution is -0.138. The number of hydrogen-bond acceptors (Lipinski definition) is 4. The van der Waals surface area contributed by atoms with E-state index in [4.69, 9.17) is 5.73 Å². The van der Waals surface area contributed by atoms with Gasteiger partial charge in [0, 0.05) is 20.1 Å². The van der Waals surface area contributed by atoms with Crippen LogP contribution in [0.25, 0.3) is 0 Å². The Morgan fingerprint density at radius 3 is 2.76 bits per heavy atom. The van der Waals surface area contributed by atoms with Gasteiger partial charge in [-0.2, -0.15) is 0 Å². The monoisotopic (exact) mass is 242 g/mol. The van der Waals surface area contributed by atoms with Crippen molar-refractivity contribution in [2.45, 2.75) is 6.42 Å². The Morgan fingerprint density at radius 2 is 2.12 bits per heavy atom. The number of likely N-dealkylation sites (N-methyl/N-ethyl adjacent to an activating group) is 1. The molecule has 17 heavy (non-hydrogen) atoms. The summed E-state index contributed by atoms with van der Waals surface area (Å²) in [6.45, 7) is 1.01. The van der Waals surface area contributed by atoms with Crippen molar-refractivity contribution < 1.29 is 14.4 Å². The van der Waals surface area contributed by atoms with Crippen molar-refractivity contribution in [3.63, 3.8) is 0 Å². The summed E-state index contributed by atoms with van der Waals surface area (Å²) in [5.41, 5.74) is 5.10. The molecule has 0 aliphatic carbocycles. The van der Waals surface area contributed by atoms with E-state index in [2.05, 4.69) is 5.32 Å². The maximum absolute atomic E-state index is 11.7. The highest BCUT2D eigenvalue weighted by atomic mass is 16.2. The number of carbonyl (C=O) groups is 3. The van der Waals surface area contributed by atoms with Crippen molar-refractivity contribution in [3.05, 3.63) is 0 Å². The molecule has 0 aromatic heterocycles. The molecule has 3 N–H and O–H groups in total. The summed E-state index contributed by atoms with van der Waals surface area (Å²) >= 11 is 0. The molecule has 7 heteroatoms. The highest BCUT2D eigenvalue weighted by Gasteiger charge is 2.22. The van der Waals surface area contributed by atoms with Gasteiger partial charge in [0.1, 0.15) is 0 Å². The Hall–Kier alpha value is -1.63. The van der Waals surface area contributed by atoms with Gasteiger partial charge in [-0.1, -0.05) is 0 Å². The fourth-order valence-electron chi connectivity index (χ4n) is 1.56. The van der Waals surface area contributed by atoms with Gasteiger partial charge in [0.05, 0.1) is 19.6 Å². The van der Waals surface area contributed by atoms with Crippen LogP contribution in [0.2, 0.25) is 0 Å². The Balaban J connectivity index is 2.45. The lowest BCUT2D eigenvalue weighted by Gasteiger charge is -2.19. The Bertz CT molecular complexity index is 319. The molecule has 1 heterocycles. The van der Waals surface area contributed by atoms with Crippen LogP contribution in [-0.2, 0) is 14.4 Å². The summed E-state index contributed by atoms with van der Waals surface area (Å²) in [5.74, 6) is -0.715. The minimum atomic E-state index is -0.378. The van der Waals surface area contributed by atoms with E-state index >= 15 is 0 Å². The smallest absolute Gasteiger partial charge is 0.242 e. The van der Waals surface area contributed by atoms with Gasteiger partial charge in [0.2, 0.25) is 17.7 Å². The molecule has 1 aliphatic rings. The summed E-state index contributed by atoms with van der Waals surface area (Å²) in [6, 6.07) is 0. The predicted octanol–water partition coefficient (Wildman–Crippen LogP) is -2.25. The number of carbonyl (C=O) groups excluding carboxylic acids is 3. The predicted molar refractivity (Wildman–Crippen MR) is 60.9 cm³/mol. The molecule has 3 amide bonds. The van der Waals surface area contributed by atoms with Gasteiger partial charge in [-0.05, 0) is 6.42 Å². The molecule has 7 nitrogen and oxygen atoms in total. The standard InChI is InChI=1S/C10H18N4O3/c1-13-3-2-4-14(7-10(13)17)9(16)6-12-8(15)5-11/h2-7,11H2,1H3,(H,12,15). The second-order valence-electron chi connectivity index (χ2n) is 3.96. The van der Waals surface area contributed by atoms with Gasteiger partial charge in [0.25, 0.3) is 0 Å². The molecule has 0 unspecified atom stereocenters. The molecule has 0 spiro atoms. The van der Waals surface area contributed by atoms with Crippen molar-refractivity contribution >= 4 is 17.7 Å². The number of rotatable bonds is 3. The van der Waals surface area contributed by atoms with Gasteiger partial charge in [0.15, 0.2) is 0 Å². The zero-order valence-corrected chi connectivity index (χ0v) is 9.94. The van der Waals surface area contributed by atoms with E-state index in [1.807, 2.05) is 0 Å². The summed E-state index contributed by atoms with van der Waals surface area (Å²) in [6.07, 6.45) is 0.749. The maximum atomic E-state index is 11.7. The number of nitrogens with two attached hydrogens (primary N) is 1. The maximum Gasteiger partial charge on any atom is 0.242 e. The first kappa shape index (κ1) is 13.4. The SMILES string of the molecule is CN1CCCN(C(=O)CNC(=O)CN)CC1=O. The second kappa shape index (κ2) is 6.19. The van der Waals surface area contributed by atoms with Gasteiger partial charge in [-0.3, -0.25) is 14.4 Å². The molecule has 0 bridgehead atoms. The van der Waals surface area contributed by atoms with Gasteiger partial charge in [-0.15, -0.1) is 0 Å². The van der Waals surface area contributed by atoms with Crippen LogP contribution in [0.4, 0.5) is 0 Å². The lowest BCUT2D eigenvalue weighted by Crippen LogP contribution is -2.44. The number of nitrogens with one attached hydrogen (secondary N) is 1. The molecule has 1 fully saturated rings. The van der Waals surface area contributed by atoms with Crippen LogP contribution in [0.3, 0.4) is 0 Å². The van der Waals surface area contributed by atoms with E-state index in [1.54, 1.807) is 11.9 Å². The molecular weight excluding hydrogens is 224 g/mol. The highest BCUT2D eigenvalue weighted by Crippen LogP contribution is 2.02. The lowest BCUT2D eigenvalue weighted by atomic mass is 10.3. The molecule has 1 saturated heterocycles. The Labute approximate surface area is 99.9 Å². The van der Waals surface area contributed by atoms with Crippen molar-refractivity contribution in [1.82, 2.24) is 15.1 Å². The Kier molecular flexibility index (Phi) is 4.89. The second-order valence-corrected chi connectivity index (χ2v) is 3.96. The number of hydrogen-bond donors (Lipinski definition) is 2. The van der Waals surface area contributed by atoms with Gasteiger partial charge in [-0.25, -0.2) is 0 Å². The van der Waals surface area contributed by atoms with Crippen LogP contribution < -0.4 is 11.1 Å². The minimum absolute atomic E-state index is 0.0772. The highest BCUT2D eigenvalue weighted by molar-refractivity contribution is 5.88. The molecule has 0 radical (unpaired) electrons. The van der Waals surface area contributed by atoms with Crippen molar-refractivity contribution in [2.75, 3.05) is 39.8 Å². The normalized spacial score (nSPS) is 16.7. The molecular formula is C10H18N4O3. The average Bonchev–Trinajstić information content (AvgIpc) is 2.48. The van der Waals surface area contributed by atoms with Crippen LogP contribution >= 0.6 is 0 Å². The third kappa shape index (κ3) is 4.03. The van der Waals surface area contributed by atoms with E-state index in [9.17, 15) is 14.4 Å². The van der Waals surface area contributed by atoms with E-state index in [1.165, 1.54) is 4.90 Å². The molecule has 0 saturated carbocycles. The average molecular weight is 242 g/mol. The van der Waals surface area contributed by atoms with Crippen LogP contribution in [0.15, 0.2) is 0 Å². The minimum Gasteiger partial charge on any atom is -0.346 e. The Morgan fingerprint density at radius 1 is 1.41 bits per heavy atom. The molecule has 0 atom stereocenters. The first-order chi connectivity index (χ1) is 8.04. The number of amides is 3. The molecule has 0 aromatic carbocycles. The van der Waals surface area contributed by atoms with E-state index in [0.717, 1.165) is 6.42 Å². The van der Waals surface area contributed by atoms with Gasteiger partial charge < -0.3 is 20.9 Å². The van der Waals surface area contributed by atoms with Crippen LogP contribution in [-0.4, -0.2) is 67.3 Å². The van der Waals surface area contributed by atoms with Crippen molar-refractivity contribution in [2.24, 2.45) is 5.73 Å². The molecule has 96 valence electrons. The zero-order valence-electron chi connectivity index (χ0n) is 9.94. The van der Waals surface area contributed by atoms with Crippen LogP contribution in [0.5, 0.6) is 0 Å². The largest absolute Gasteiger partial charge is 0.346 e. The molecule has 1 rings (SSSR count). The molecule has 1 aliphatic heterocycles. The third-order valence-electron chi connectivity index (χ3n) is 2.65. The van der Waals surface area contributed by atoms with E-state index in [-0.39, 0.29) is 37.4 Å². The van der Waals surface area contributed by atoms with Crippen LogP contribution in [0.1, 0.15) is 6.42 Å². The van der Waals surface area contributed by atoms with E-state index in [0.29, 0.717) is 13.1 Å². The van der Waals surface area contributed by atoms with E-state index < -0.39 is 0 Å². The summed E-state index contributed by atoms with van der Waals surface area (Å²) in [4.78, 5) is 37.2. The summed E-state index contributed by atoms with van der Waals surface area (Å²) in [5, 5.41) is 2.40. The van der Waals surface area contributed by atoms with Crippen molar-refractivity contribution in [3.8, 4) is 0 Å². The zero-order chi connectivity index (χ0) is 12.8.